The van der Waals surface area contributed by atoms with Crippen LogP contribution in [0.3, 0.4) is 0 Å². The van der Waals surface area contributed by atoms with E-state index in [1.807, 2.05) is 76.2 Å². The lowest BCUT2D eigenvalue weighted by Gasteiger charge is -2.32. The molecule has 1 amide bonds. The maximum atomic E-state index is 13.4. The first-order valence-electron chi connectivity index (χ1n) is 9.05. The summed E-state index contributed by atoms with van der Waals surface area (Å²) in [6.07, 6.45) is 0. The summed E-state index contributed by atoms with van der Waals surface area (Å²) in [7, 11) is 0. The molecule has 2 aromatic carbocycles. The lowest BCUT2D eigenvalue weighted by atomic mass is 9.97. The molecule has 0 aliphatic carbocycles. The Labute approximate surface area is 172 Å². The Bertz CT molecular complexity index is 981. The first-order valence-corrected chi connectivity index (χ1v) is 10.7. The lowest BCUT2D eigenvalue weighted by Crippen LogP contribution is -2.34. The number of benzene rings is 2. The second-order valence-electron chi connectivity index (χ2n) is 7.59. The molecular weight excluding hydrogens is 390 g/mol. The fourth-order valence-corrected chi connectivity index (χ4v) is 4.67. The molecule has 2 heterocycles. The van der Waals surface area contributed by atoms with Crippen LogP contribution in [0.1, 0.15) is 33.6 Å². The van der Waals surface area contributed by atoms with Crippen molar-refractivity contribution in [2.75, 3.05) is 4.90 Å². The van der Waals surface area contributed by atoms with Gasteiger partial charge in [-0.3, -0.25) is 9.69 Å². The molecule has 0 N–H and O–H groups in total. The van der Waals surface area contributed by atoms with E-state index in [0.717, 1.165) is 21.2 Å². The molecule has 7 heteroatoms. The Morgan fingerprint density at radius 1 is 1.04 bits per heavy atom. The van der Waals surface area contributed by atoms with Crippen LogP contribution < -0.4 is 4.90 Å². The number of fused-ring (bicyclic) bond motifs is 2. The number of para-hydroxylation sites is 2. The molecule has 144 valence electrons. The van der Waals surface area contributed by atoms with E-state index in [4.69, 9.17) is 4.42 Å². The van der Waals surface area contributed by atoms with E-state index in [9.17, 15) is 4.79 Å². The van der Waals surface area contributed by atoms with Gasteiger partial charge in [0.15, 0.2) is 0 Å². The van der Waals surface area contributed by atoms with Gasteiger partial charge in [0.1, 0.15) is 0 Å². The van der Waals surface area contributed by atoms with Crippen LogP contribution in [-0.2, 0) is 10.2 Å². The molecular formula is C21H21N3O2S2. The molecule has 1 aromatic heterocycles. The van der Waals surface area contributed by atoms with Gasteiger partial charge >= 0.3 is 0 Å². The van der Waals surface area contributed by atoms with Crippen molar-refractivity contribution in [3.05, 3.63) is 54.4 Å². The molecule has 0 spiro atoms. The van der Waals surface area contributed by atoms with E-state index in [0.29, 0.717) is 11.1 Å². The predicted molar refractivity (Wildman–Crippen MR) is 112 cm³/mol. The Morgan fingerprint density at radius 3 is 2.14 bits per heavy atom. The molecule has 5 nitrogen and oxygen atoms in total. The van der Waals surface area contributed by atoms with Gasteiger partial charge in [0.25, 0.3) is 5.22 Å². The average Bonchev–Trinajstić information content (AvgIpc) is 3.14. The minimum Gasteiger partial charge on any atom is -0.415 e. The van der Waals surface area contributed by atoms with Gasteiger partial charge in [-0.25, -0.2) is 0 Å². The van der Waals surface area contributed by atoms with Crippen LogP contribution in [0, 0.1) is 0 Å². The van der Waals surface area contributed by atoms with Gasteiger partial charge in [0, 0.05) is 15.2 Å². The highest BCUT2D eigenvalue weighted by Crippen LogP contribution is 2.48. The Kier molecular flexibility index (Phi) is 4.97. The van der Waals surface area contributed by atoms with Gasteiger partial charge in [-0.05, 0) is 31.2 Å². The van der Waals surface area contributed by atoms with Crippen molar-refractivity contribution in [1.29, 1.82) is 0 Å². The van der Waals surface area contributed by atoms with Crippen molar-refractivity contribution in [3.8, 4) is 0 Å². The fraction of sp³-hybridized carbons (Fsp3) is 0.286. The highest BCUT2D eigenvalue weighted by molar-refractivity contribution is 8.00. The van der Waals surface area contributed by atoms with Crippen LogP contribution in [-0.4, -0.2) is 21.4 Å². The second kappa shape index (κ2) is 7.29. The number of hydrogen-bond acceptors (Lipinski definition) is 6. The van der Waals surface area contributed by atoms with Crippen molar-refractivity contribution in [2.24, 2.45) is 0 Å². The molecule has 0 bridgehead atoms. The van der Waals surface area contributed by atoms with Gasteiger partial charge < -0.3 is 4.42 Å². The fourth-order valence-electron chi connectivity index (χ4n) is 2.89. The average molecular weight is 412 g/mol. The van der Waals surface area contributed by atoms with Gasteiger partial charge in [0.2, 0.25) is 11.8 Å². The molecule has 0 saturated heterocycles. The zero-order valence-corrected chi connectivity index (χ0v) is 17.8. The smallest absolute Gasteiger partial charge is 0.277 e. The number of thioether (sulfide) groups is 1. The largest absolute Gasteiger partial charge is 0.415 e. The topological polar surface area (TPSA) is 59.2 Å². The minimum atomic E-state index is -0.377. The third-order valence-electron chi connectivity index (χ3n) is 4.33. The Balaban J connectivity index is 1.63. The monoisotopic (exact) mass is 411 g/mol. The van der Waals surface area contributed by atoms with E-state index in [1.165, 1.54) is 11.8 Å². The summed E-state index contributed by atoms with van der Waals surface area (Å²) >= 11 is 2.98. The standard InChI is InChI=1S/C21H21N3O2S2/c1-13(27-20-23-22-19(26-20)21(2,3)4)18(25)24-14-9-5-7-11-16(14)28-17-12-8-6-10-15(17)24/h5-13H,1-4H3/t13-/m0/s1. The van der Waals surface area contributed by atoms with Crippen LogP contribution in [0.25, 0.3) is 0 Å². The first-order chi connectivity index (χ1) is 13.3. The SMILES string of the molecule is C[C@H](Sc1nnc(C(C)(C)C)o1)C(=O)N1c2ccccc2Sc2ccccc21. The van der Waals surface area contributed by atoms with Gasteiger partial charge in [-0.15, -0.1) is 10.2 Å². The molecule has 1 atom stereocenters. The number of anilines is 2. The normalized spacial score (nSPS) is 14.4. The first kappa shape index (κ1) is 19.1. The van der Waals surface area contributed by atoms with Crippen molar-refractivity contribution >= 4 is 40.8 Å². The van der Waals surface area contributed by atoms with Crippen molar-refractivity contribution in [1.82, 2.24) is 10.2 Å². The summed E-state index contributed by atoms with van der Waals surface area (Å²) in [5.74, 6) is 0.556. The summed E-state index contributed by atoms with van der Waals surface area (Å²) < 4.78 is 5.76. The maximum absolute atomic E-state index is 13.4. The number of carbonyl (C=O) groups is 1. The number of nitrogens with zero attached hydrogens (tertiary/aromatic N) is 3. The van der Waals surface area contributed by atoms with Gasteiger partial charge in [-0.1, -0.05) is 68.6 Å². The van der Waals surface area contributed by atoms with Crippen LogP contribution in [0.2, 0.25) is 0 Å². The highest BCUT2D eigenvalue weighted by atomic mass is 32.2. The Hall–Kier alpha value is -2.25. The van der Waals surface area contributed by atoms with Crippen LogP contribution in [0.4, 0.5) is 11.4 Å². The zero-order chi connectivity index (χ0) is 19.9. The number of hydrogen-bond donors (Lipinski definition) is 0. The second-order valence-corrected chi connectivity index (χ2v) is 9.97. The maximum Gasteiger partial charge on any atom is 0.277 e. The van der Waals surface area contributed by atoms with E-state index in [-0.39, 0.29) is 16.6 Å². The zero-order valence-electron chi connectivity index (χ0n) is 16.2. The summed E-state index contributed by atoms with van der Waals surface area (Å²) in [4.78, 5) is 17.4. The number of amides is 1. The van der Waals surface area contributed by atoms with Crippen LogP contribution in [0.15, 0.2) is 68.0 Å². The summed E-state index contributed by atoms with van der Waals surface area (Å²) in [6.45, 7) is 7.93. The Morgan fingerprint density at radius 2 is 1.61 bits per heavy atom. The van der Waals surface area contributed by atoms with Crippen molar-refractivity contribution in [2.45, 2.75) is 53.4 Å². The number of carbonyl (C=O) groups excluding carboxylic acids is 1. The molecule has 0 saturated carbocycles. The van der Waals surface area contributed by atoms with E-state index >= 15 is 0 Å². The minimum absolute atomic E-state index is 0.0132. The molecule has 3 aromatic rings. The quantitative estimate of drug-likeness (QED) is 0.517. The molecule has 28 heavy (non-hydrogen) atoms. The predicted octanol–water partition coefficient (Wildman–Crippen LogP) is 5.68. The van der Waals surface area contributed by atoms with Gasteiger partial charge in [-0.2, -0.15) is 0 Å². The van der Waals surface area contributed by atoms with E-state index < -0.39 is 0 Å². The molecule has 0 fully saturated rings. The van der Waals surface area contributed by atoms with Crippen molar-refractivity contribution < 1.29 is 9.21 Å². The third kappa shape index (κ3) is 3.56. The van der Waals surface area contributed by atoms with Gasteiger partial charge in [0.05, 0.1) is 16.6 Å². The molecule has 1 aliphatic rings. The molecule has 1 aliphatic heterocycles. The number of aromatic nitrogens is 2. The summed E-state index contributed by atoms with van der Waals surface area (Å²) in [5.41, 5.74) is 1.59. The van der Waals surface area contributed by atoms with Crippen LogP contribution in [0.5, 0.6) is 0 Å². The lowest BCUT2D eigenvalue weighted by molar-refractivity contribution is -0.117. The highest BCUT2D eigenvalue weighted by Gasteiger charge is 2.32. The summed E-state index contributed by atoms with van der Waals surface area (Å²) in [6, 6.07) is 16.0. The third-order valence-corrected chi connectivity index (χ3v) is 6.38. The van der Waals surface area contributed by atoms with Crippen LogP contribution >= 0.6 is 23.5 Å². The van der Waals surface area contributed by atoms with E-state index in [2.05, 4.69) is 10.2 Å². The number of rotatable bonds is 3. The molecule has 0 unspecified atom stereocenters. The van der Waals surface area contributed by atoms with Crippen molar-refractivity contribution in [3.63, 3.8) is 0 Å². The molecule has 4 rings (SSSR count). The van der Waals surface area contributed by atoms with E-state index in [1.54, 1.807) is 16.7 Å². The summed E-state index contributed by atoms with van der Waals surface area (Å²) in [5, 5.41) is 8.27. The molecule has 0 radical (unpaired) electrons.